The highest BCUT2D eigenvalue weighted by atomic mass is 16.6. The molecule has 1 aliphatic carbocycles. The molecular formula is C26H34O11. The van der Waals surface area contributed by atoms with E-state index in [9.17, 15) is 34.2 Å². The number of ether oxygens (including phenoxy) is 4. The third-order valence-electron chi connectivity index (χ3n) is 6.66. The predicted octanol–water partition coefficient (Wildman–Crippen LogP) is 1.10. The van der Waals surface area contributed by atoms with E-state index in [0.717, 1.165) is 26.5 Å². The summed E-state index contributed by atoms with van der Waals surface area (Å²) in [4.78, 5) is 63.3. The van der Waals surface area contributed by atoms with Gasteiger partial charge in [0.15, 0.2) is 18.0 Å². The number of ketones is 1. The molecule has 0 saturated carbocycles. The van der Waals surface area contributed by atoms with Gasteiger partial charge in [-0.25, -0.2) is 14.4 Å². The van der Waals surface area contributed by atoms with Crippen LogP contribution >= 0.6 is 0 Å². The highest BCUT2D eigenvalue weighted by molar-refractivity contribution is 6.05. The maximum atomic E-state index is 13.0. The SMILES string of the molecule is C=C1C(=O)O[C@@H]2/C=C(/C)CC/C=C(/C(=O)OC)[C@H](OC(=O)[C@H](C)[C@H](C)O)[C@@H](OC(=O)[C@@](C)(O)C(C)=O)[C@@H]12. The molecule has 1 saturated heterocycles. The van der Waals surface area contributed by atoms with Crippen LogP contribution in [0.4, 0.5) is 0 Å². The van der Waals surface area contributed by atoms with E-state index in [-0.39, 0.29) is 17.6 Å². The number of hydrogen-bond donors (Lipinski definition) is 2. The number of aliphatic hydroxyl groups excluding tert-OH is 1. The smallest absolute Gasteiger partial charge is 0.346 e. The number of esters is 4. The number of hydrogen-bond acceptors (Lipinski definition) is 11. The predicted molar refractivity (Wildman–Crippen MR) is 128 cm³/mol. The second kappa shape index (κ2) is 11.8. The second-order valence-electron chi connectivity index (χ2n) is 9.51. The van der Waals surface area contributed by atoms with Crippen LogP contribution in [0.5, 0.6) is 0 Å². The van der Waals surface area contributed by atoms with Gasteiger partial charge in [0.1, 0.15) is 6.10 Å². The molecule has 0 unspecified atom stereocenters. The zero-order valence-electron chi connectivity index (χ0n) is 21.8. The van der Waals surface area contributed by atoms with Gasteiger partial charge in [-0.1, -0.05) is 18.2 Å². The van der Waals surface area contributed by atoms with E-state index in [2.05, 4.69) is 6.58 Å². The Morgan fingerprint density at radius 2 is 1.84 bits per heavy atom. The minimum absolute atomic E-state index is 0.135. The largest absolute Gasteiger partial charge is 0.466 e. The Morgan fingerprint density at radius 1 is 1.22 bits per heavy atom. The van der Waals surface area contributed by atoms with Crippen molar-refractivity contribution in [3.8, 4) is 0 Å². The van der Waals surface area contributed by atoms with Crippen LogP contribution in [0, 0.1) is 11.8 Å². The Bertz CT molecular complexity index is 1030. The molecule has 0 radical (unpaired) electrons. The first-order valence-corrected chi connectivity index (χ1v) is 11.8. The van der Waals surface area contributed by atoms with Gasteiger partial charge in [0, 0.05) is 5.57 Å². The first-order valence-electron chi connectivity index (χ1n) is 11.8. The van der Waals surface area contributed by atoms with Crippen LogP contribution in [0.15, 0.2) is 35.5 Å². The molecule has 0 spiro atoms. The fourth-order valence-electron chi connectivity index (χ4n) is 3.82. The maximum Gasteiger partial charge on any atom is 0.346 e. The van der Waals surface area contributed by atoms with Gasteiger partial charge in [0.25, 0.3) is 0 Å². The minimum Gasteiger partial charge on any atom is -0.466 e. The summed E-state index contributed by atoms with van der Waals surface area (Å²) in [5.41, 5.74) is -2.13. The summed E-state index contributed by atoms with van der Waals surface area (Å²) in [6, 6.07) is 0. The molecule has 0 aromatic heterocycles. The third-order valence-corrected chi connectivity index (χ3v) is 6.66. The Hall–Kier alpha value is -3.31. The Kier molecular flexibility index (Phi) is 9.56. The van der Waals surface area contributed by atoms with Gasteiger partial charge in [-0.15, -0.1) is 0 Å². The molecule has 1 aliphatic heterocycles. The molecule has 0 aromatic rings. The summed E-state index contributed by atoms with van der Waals surface area (Å²) in [6.07, 6.45) is -1.64. The van der Waals surface area contributed by atoms with Crippen molar-refractivity contribution in [3.63, 3.8) is 0 Å². The fraction of sp³-hybridized carbons (Fsp3) is 0.577. The van der Waals surface area contributed by atoms with Crippen LogP contribution < -0.4 is 0 Å². The lowest BCUT2D eigenvalue weighted by Gasteiger charge is -2.35. The Balaban J connectivity index is 2.77. The van der Waals surface area contributed by atoms with Gasteiger partial charge in [-0.3, -0.25) is 9.59 Å². The summed E-state index contributed by atoms with van der Waals surface area (Å²) >= 11 is 0. The zero-order chi connectivity index (χ0) is 28.2. The first-order chi connectivity index (χ1) is 17.1. The number of Topliss-reactive ketones (excluding diaryl/α,β-unsaturated/α-hetero) is 1. The monoisotopic (exact) mass is 522 g/mol. The van der Waals surface area contributed by atoms with Crippen LogP contribution in [0.1, 0.15) is 47.5 Å². The topological polar surface area (TPSA) is 163 Å². The van der Waals surface area contributed by atoms with Crippen LogP contribution in [-0.2, 0) is 42.9 Å². The van der Waals surface area contributed by atoms with Crippen molar-refractivity contribution >= 4 is 29.7 Å². The van der Waals surface area contributed by atoms with Crippen LogP contribution in [0.3, 0.4) is 0 Å². The number of fused-ring (bicyclic) bond motifs is 1. The van der Waals surface area contributed by atoms with E-state index in [1.54, 1.807) is 13.0 Å². The normalized spacial score (nSPS) is 30.1. The molecule has 37 heavy (non-hydrogen) atoms. The van der Waals surface area contributed by atoms with E-state index in [0.29, 0.717) is 6.42 Å². The van der Waals surface area contributed by atoms with E-state index in [1.807, 2.05) is 0 Å². The molecule has 1 heterocycles. The van der Waals surface area contributed by atoms with Crippen LogP contribution in [0.2, 0.25) is 0 Å². The Morgan fingerprint density at radius 3 is 2.38 bits per heavy atom. The molecule has 204 valence electrons. The molecule has 2 rings (SSSR count). The number of methoxy groups -OCH3 is 1. The lowest BCUT2D eigenvalue weighted by Crippen LogP contribution is -2.52. The minimum atomic E-state index is -2.59. The number of carbonyl (C=O) groups is 5. The lowest BCUT2D eigenvalue weighted by atomic mass is 9.83. The number of allylic oxidation sites excluding steroid dienone is 2. The van der Waals surface area contributed by atoms with Gasteiger partial charge in [0.2, 0.25) is 5.60 Å². The molecule has 0 amide bonds. The second-order valence-corrected chi connectivity index (χ2v) is 9.51. The van der Waals surface area contributed by atoms with E-state index in [1.165, 1.54) is 19.9 Å². The van der Waals surface area contributed by atoms with Crippen molar-refractivity contribution in [2.24, 2.45) is 11.8 Å². The summed E-state index contributed by atoms with van der Waals surface area (Å²) in [5, 5.41) is 20.4. The molecule has 7 atom stereocenters. The molecule has 2 aliphatic rings. The molecular weight excluding hydrogens is 488 g/mol. The van der Waals surface area contributed by atoms with Crippen molar-refractivity contribution in [2.45, 2.75) is 77.5 Å². The van der Waals surface area contributed by atoms with Crippen molar-refractivity contribution in [2.75, 3.05) is 7.11 Å². The average molecular weight is 523 g/mol. The highest BCUT2D eigenvalue weighted by Crippen LogP contribution is 2.38. The van der Waals surface area contributed by atoms with E-state index < -0.39 is 71.5 Å². The summed E-state index contributed by atoms with van der Waals surface area (Å²) < 4.78 is 21.6. The maximum absolute atomic E-state index is 13.0. The Labute approximate surface area is 215 Å². The van der Waals surface area contributed by atoms with Crippen molar-refractivity contribution in [3.05, 3.63) is 35.5 Å². The van der Waals surface area contributed by atoms with Gasteiger partial charge in [-0.05, 0) is 53.5 Å². The van der Waals surface area contributed by atoms with Crippen molar-refractivity contribution in [1.82, 2.24) is 0 Å². The number of aliphatic hydroxyl groups is 2. The average Bonchev–Trinajstić information content (AvgIpc) is 3.09. The van der Waals surface area contributed by atoms with E-state index in [4.69, 9.17) is 18.9 Å². The third kappa shape index (κ3) is 6.53. The van der Waals surface area contributed by atoms with Crippen molar-refractivity contribution < 1.29 is 53.1 Å². The van der Waals surface area contributed by atoms with Gasteiger partial charge < -0.3 is 29.2 Å². The number of carbonyl (C=O) groups excluding carboxylic acids is 5. The summed E-state index contributed by atoms with van der Waals surface area (Å²) in [6.45, 7) is 10.2. The van der Waals surface area contributed by atoms with Crippen molar-refractivity contribution in [1.29, 1.82) is 0 Å². The van der Waals surface area contributed by atoms with E-state index >= 15 is 0 Å². The highest BCUT2D eigenvalue weighted by Gasteiger charge is 2.52. The number of rotatable bonds is 7. The molecule has 11 heteroatoms. The van der Waals surface area contributed by atoms with Crippen LogP contribution in [-0.4, -0.2) is 77.0 Å². The molecule has 0 aromatic carbocycles. The molecule has 0 bridgehead atoms. The van der Waals surface area contributed by atoms with Gasteiger partial charge in [0.05, 0.1) is 30.6 Å². The van der Waals surface area contributed by atoms with Crippen LogP contribution in [0.25, 0.3) is 0 Å². The molecule has 11 nitrogen and oxygen atoms in total. The standard InChI is InChI=1S/C26H34O11/c1-12-9-8-10-17(24(31)34-7)20(36-22(29)13(2)15(4)27)21(37-25(32)26(6,33)16(5)28)19-14(3)23(30)35-18(19)11-12/h10-11,13,15,18-21,27,33H,3,8-9H2,1-2,4-7H3/b12-11-,17-10+/t13-,15+,18-,19+,20+,21+,26+/m1/s1. The summed E-state index contributed by atoms with van der Waals surface area (Å²) in [7, 11) is 1.11. The van der Waals surface area contributed by atoms with Gasteiger partial charge >= 0.3 is 23.9 Å². The molecule has 1 fully saturated rings. The summed E-state index contributed by atoms with van der Waals surface area (Å²) in [5.74, 6) is -7.19. The first kappa shape index (κ1) is 29.9. The lowest BCUT2D eigenvalue weighted by molar-refractivity contribution is -0.187. The fourth-order valence-corrected chi connectivity index (χ4v) is 3.82. The zero-order valence-corrected chi connectivity index (χ0v) is 21.8. The van der Waals surface area contributed by atoms with Gasteiger partial charge in [-0.2, -0.15) is 0 Å². The quantitative estimate of drug-likeness (QED) is 0.162. The molecule has 2 N–H and O–H groups in total.